The molecule has 1 saturated carbocycles. The van der Waals surface area contributed by atoms with E-state index in [-0.39, 0.29) is 0 Å². The van der Waals surface area contributed by atoms with E-state index in [2.05, 4.69) is 22.2 Å². The van der Waals surface area contributed by atoms with Crippen LogP contribution in [0.5, 0.6) is 5.88 Å². The molecule has 0 saturated heterocycles. The van der Waals surface area contributed by atoms with Crippen LogP contribution in [0.2, 0.25) is 0 Å². The number of nitrogens with one attached hydrogen (secondary N) is 1. The zero-order valence-corrected chi connectivity index (χ0v) is 13.4. The number of aromatic nitrogens is 2. The van der Waals surface area contributed by atoms with Crippen LogP contribution < -0.4 is 10.1 Å². The van der Waals surface area contributed by atoms with Crippen molar-refractivity contribution in [3.05, 3.63) is 11.9 Å². The van der Waals surface area contributed by atoms with Gasteiger partial charge in [-0.3, -0.25) is 0 Å². The highest BCUT2D eigenvalue weighted by Crippen LogP contribution is 2.34. The molecule has 1 aromatic heterocycles. The molecule has 0 bridgehead atoms. The Bertz CT molecular complexity index is 457. The van der Waals surface area contributed by atoms with Gasteiger partial charge in [0.05, 0.1) is 17.8 Å². The quantitative estimate of drug-likeness (QED) is 0.844. The van der Waals surface area contributed by atoms with E-state index in [1.54, 1.807) is 0 Å². The van der Waals surface area contributed by atoms with Gasteiger partial charge in [-0.2, -0.15) is 0 Å². The summed E-state index contributed by atoms with van der Waals surface area (Å²) in [7, 11) is 0. The van der Waals surface area contributed by atoms with Crippen molar-refractivity contribution >= 4 is 5.82 Å². The molecular formula is C16H27N3O2. The maximum Gasteiger partial charge on any atom is 0.221 e. The summed E-state index contributed by atoms with van der Waals surface area (Å²) >= 11 is 0. The van der Waals surface area contributed by atoms with Gasteiger partial charge in [0.1, 0.15) is 12.1 Å². The lowest BCUT2D eigenvalue weighted by Crippen LogP contribution is -2.40. The summed E-state index contributed by atoms with van der Waals surface area (Å²) in [6.07, 6.45) is 6.66. The first-order valence-corrected chi connectivity index (χ1v) is 7.98. The van der Waals surface area contributed by atoms with Crippen LogP contribution in [0, 0.1) is 12.8 Å². The number of hydrogen-bond acceptors (Lipinski definition) is 5. The number of aliphatic hydroxyl groups is 1. The lowest BCUT2D eigenvalue weighted by atomic mass is 9.78. The maximum absolute atomic E-state index is 10.7. The molecule has 0 amide bonds. The molecule has 2 N–H and O–H groups in total. The first-order valence-electron chi connectivity index (χ1n) is 7.98. The van der Waals surface area contributed by atoms with Gasteiger partial charge in [0.15, 0.2) is 0 Å². The minimum absolute atomic E-state index is 0.535. The summed E-state index contributed by atoms with van der Waals surface area (Å²) in [5.74, 6) is 2.13. The Hall–Kier alpha value is -1.36. The topological polar surface area (TPSA) is 67.3 Å². The van der Waals surface area contributed by atoms with E-state index in [1.807, 2.05) is 13.8 Å². The van der Waals surface area contributed by atoms with Gasteiger partial charge >= 0.3 is 0 Å². The molecule has 118 valence electrons. The molecule has 0 atom stereocenters. The Morgan fingerprint density at radius 3 is 2.67 bits per heavy atom. The third-order valence-corrected chi connectivity index (χ3v) is 4.52. The molecule has 5 nitrogen and oxygen atoms in total. The Kier molecular flexibility index (Phi) is 5.39. The number of rotatable bonds is 6. The monoisotopic (exact) mass is 293 g/mol. The minimum atomic E-state index is -0.616. The van der Waals surface area contributed by atoms with Crippen LogP contribution >= 0.6 is 0 Å². The van der Waals surface area contributed by atoms with Crippen molar-refractivity contribution in [2.24, 2.45) is 5.92 Å². The van der Waals surface area contributed by atoms with E-state index >= 15 is 0 Å². The second-order valence-electron chi connectivity index (χ2n) is 6.01. The summed E-state index contributed by atoms with van der Waals surface area (Å²) < 4.78 is 5.47. The number of ether oxygens (including phenoxy) is 1. The summed E-state index contributed by atoms with van der Waals surface area (Å²) in [6.45, 7) is 7.22. The fourth-order valence-corrected chi connectivity index (χ4v) is 2.94. The summed E-state index contributed by atoms with van der Waals surface area (Å²) in [6, 6.07) is 0. The first kappa shape index (κ1) is 16.0. The van der Waals surface area contributed by atoms with Crippen molar-refractivity contribution in [2.75, 3.05) is 18.5 Å². The van der Waals surface area contributed by atoms with Crippen LogP contribution in [0.1, 0.15) is 51.5 Å². The average molecular weight is 293 g/mol. The Balaban J connectivity index is 1.95. The van der Waals surface area contributed by atoms with Crippen molar-refractivity contribution in [1.29, 1.82) is 0 Å². The standard InChI is InChI=1S/C16H27N3O2/c1-4-13-6-8-16(20,9-7-13)10-17-14-12(3)15(21-5-2)19-11-18-14/h11,13,20H,4-10H2,1-3H3,(H,17,18,19). The van der Waals surface area contributed by atoms with Gasteiger partial charge in [-0.1, -0.05) is 13.3 Å². The Morgan fingerprint density at radius 1 is 1.33 bits per heavy atom. The molecule has 0 unspecified atom stereocenters. The van der Waals surface area contributed by atoms with Crippen molar-refractivity contribution in [2.45, 2.75) is 58.5 Å². The molecule has 1 aliphatic carbocycles. The molecular weight excluding hydrogens is 266 g/mol. The number of hydrogen-bond donors (Lipinski definition) is 2. The van der Waals surface area contributed by atoms with E-state index in [1.165, 1.54) is 12.7 Å². The smallest absolute Gasteiger partial charge is 0.221 e. The molecule has 0 spiro atoms. The minimum Gasteiger partial charge on any atom is -0.478 e. The van der Waals surface area contributed by atoms with Crippen LogP contribution in [-0.2, 0) is 0 Å². The summed E-state index contributed by atoms with van der Waals surface area (Å²) in [4.78, 5) is 8.38. The fourth-order valence-electron chi connectivity index (χ4n) is 2.94. The number of nitrogens with zero attached hydrogens (tertiary/aromatic N) is 2. The fraction of sp³-hybridized carbons (Fsp3) is 0.750. The molecule has 1 heterocycles. The molecule has 1 fully saturated rings. The molecule has 1 aromatic rings. The predicted octanol–water partition coefficient (Wildman–Crippen LogP) is 2.93. The van der Waals surface area contributed by atoms with Crippen LogP contribution in [0.3, 0.4) is 0 Å². The van der Waals surface area contributed by atoms with Crippen LogP contribution in [0.15, 0.2) is 6.33 Å². The van der Waals surface area contributed by atoms with Gasteiger partial charge in [-0.15, -0.1) is 0 Å². The van der Waals surface area contributed by atoms with Crippen LogP contribution in [0.25, 0.3) is 0 Å². The van der Waals surface area contributed by atoms with Crippen molar-refractivity contribution in [3.8, 4) is 5.88 Å². The Morgan fingerprint density at radius 2 is 2.05 bits per heavy atom. The van der Waals surface area contributed by atoms with Gasteiger partial charge < -0.3 is 15.2 Å². The van der Waals surface area contributed by atoms with E-state index < -0.39 is 5.60 Å². The third-order valence-electron chi connectivity index (χ3n) is 4.52. The molecule has 2 rings (SSSR count). The third kappa shape index (κ3) is 4.06. The average Bonchev–Trinajstić information content (AvgIpc) is 2.49. The van der Waals surface area contributed by atoms with Gasteiger partial charge in [-0.05, 0) is 45.4 Å². The van der Waals surface area contributed by atoms with E-state index in [0.717, 1.165) is 43.0 Å². The van der Waals surface area contributed by atoms with Gasteiger partial charge in [0.2, 0.25) is 5.88 Å². The summed E-state index contributed by atoms with van der Waals surface area (Å²) in [5.41, 5.74) is 0.277. The molecule has 21 heavy (non-hydrogen) atoms. The lowest BCUT2D eigenvalue weighted by molar-refractivity contribution is 0.00221. The molecule has 0 radical (unpaired) electrons. The first-order chi connectivity index (χ1) is 10.1. The number of anilines is 1. The van der Waals surface area contributed by atoms with Crippen molar-refractivity contribution in [3.63, 3.8) is 0 Å². The van der Waals surface area contributed by atoms with E-state index in [4.69, 9.17) is 4.74 Å². The normalized spacial score (nSPS) is 25.6. The van der Waals surface area contributed by atoms with Crippen molar-refractivity contribution < 1.29 is 9.84 Å². The highest BCUT2D eigenvalue weighted by molar-refractivity contribution is 5.47. The second kappa shape index (κ2) is 7.07. The van der Waals surface area contributed by atoms with Gasteiger partial charge in [-0.25, -0.2) is 9.97 Å². The van der Waals surface area contributed by atoms with E-state index in [0.29, 0.717) is 19.0 Å². The molecule has 5 heteroatoms. The van der Waals surface area contributed by atoms with E-state index in [9.17, 15) is 5.11 Å². The lowest BCUT2D eigenvalue weighted by Gasteiger charge is -2.36. The van der Waals surface area contributed by atoms with Gasteiger partial charge in [0, 0.05) is 6.54 Å². The SMILES string of the molecule is CCOc1ncnc(NCC2(O)CCC(CC)CC2)c1C. The second-order valence-corrected chi connectivity index (χ2v) is 6.01. The maximum atomic E-state index is 10.7. The molecule has 1 aliphatic rings. The van der Waals surface area contributed by atoms with Crippen LogP contribution in [-0.4, -0.2) is 33.8 Å². The molecule has 0 aliphatic heterocycles. The van der Waals surface area contributed by atoms with Gasteiger partial charge in [0.25, 0.3) is 0 Å². The zero-order valence-electron chi connectivity index (χ0n) is 13.4. The predicted molar refractivity (Wildman–Crippen MR) is 83.6 cm³/mol. The summed E-state index contributed by atoms with van der Waals surface area (Å²) in [5, 5.41) is 13.9. The highest BCUT2D eigenvalue weighted by Gasteiger charge is 2.32. The molecule has 0 aromatic carbocycles. The zero-order chi connectivity index (χ0) is 15.3. The van der Waals surface area contributed by atoms with Crippen LogP contribution in [0.4, 0.5) is 5.82 Å². The largest absolute Gasteiger partial charge is 0.478 e. The van der Waals surface area contributed by atoms with Crippen molar-refractivity contribution in [1.82, 2.24) is 9.97 Å². The Labute approximate surface area is 127 Å². The highest BCUT2D eigenvalue weighted by atomic mass is 16.5.